The molecule has 140 valence electrons. The summed E-state index contributed by atoms with van der Waals surface area (Å²) in [6.07, 6.45) is -2.66. The fourth-order valence-corrected chi connectivity index (χ4v) is 2.81. The Morgan fingerprint density at radius 2 is 2.08 bits per heavy atom. The van der Waals surface area contributed by atoms with Gasteiger partial charge in [-0.25, -0.2) is 9.78 Å². The van der Waals surface area contributed by atoms with Crippen LogP contribution < -0.4 is 10.2 Å². The number of alkyl halides is 3. The highest BCUT2D eigenvalue weighted by Crippen LogP contribution is 2.37. The molecule has 1 saturated heterocycles. The summed E-state index contributed by atoms with van der Waals surface area (Å²) >= 11 is 5.67. The first-order valence-corrected chi connectivity index (χ1v) is 8.31. The van der Waals surface area contributed by atoms with E-state index >= 15 is 0 Å². The highest BCUT2D eigenvalue weighted by Gasteiger charge is 2.37. The maximum absolute atomic E-state index is 13.3. The zero-order chi connectivity index (χ0) is 18.8. The van der Waals surface area contributed by atoms with Crippen molar-refractivity contribution in [2.75, 3.05) is 18.0 Å². The van der Waals surface area contributed by atoms with E-state index in [1.165, 1.54) is 11.1 Å². The number of anilines is 1. The Balaban J connectivity index is 2.13. The number of halogens is 4. The van der Waals surface area contributed by atoms with Crippen LogP contribution in [-0.2, 0) is 10.9 Å². The van der Waals surface area contributed by atoms with Crippen molar-refractivity contribution in [1.29, 1.82) is 0 Å². The van der Waals surface area contributed by atoms with E-state index < -0.39 is 23.4 Å². The van der Waals surface area contributed by atoms with Gasteiger partial charge in [-0.15, -0.1) is 0 Å². The fourth-order valence-electron chi connectivity index (χ4n) is 2.65. The number of aromatic nitrogens is 1. The number of carbonyl (C=O) groups is 1. The van der Waals surface area contributed by atoms with E-state index in [1.54, 1.807) is 20.8 Å². The topological polar surface area (TPSA) is 54.5 Å². The number of amides is 1. The van der Waals surface area contributed by atoms with Gasteiger partial charge in [0.25, 0.3) is 0 Å². The molecule has 1 aliphatic rings. The molecule has 1 aromatic heterocycles. The molecule has 5 nitrogen and oxygen atoms in total. The lowest BCUT2D eigenvalue weighted by Gasteiger charge is -2.35. The first kappa shape index (κ1) is 19.6. The lowest BCUT2D eigenvalue weighted by atomic mass is 10.0. The number of alkyl carbamates (subject to hydrolysis) is 1. The second kappa shape index (κ2) is 7.27. The van der Waals surface area contributed by atoms with Gasteiger partial charge in [-0.1, -0.05) is 11.6 Å². The van der Waals surface area contributed by atoms with Gasteiger partial charge in [0.1, 0.15) is 11.4 Å². The number of piperidine rings is 1. The maximum atomic E-state index is 13.3. The molecule has 0 saturated carbocycles. The summed E-state index contributed by atoms with van der Waals surface area (Å²) in [5, 5.41) is 2.63. The number of hydrogen-bond donors (Lipinski definition) is 1. The Bertz CT molecular complexity index is 632. The van der Waals surface area contributed by atoms with Crippen molar-refractivity contribution < 1.29 is 22.7 Å². The van der Waals surface area contributed by atoms with Crippen LogP contribution in [0.2, 0.25) is 5.02 Å². The Hall–Kier alpha value is -1.70. The molecule has 1 aromatic rings. The average molecular weight is 380 g/mol. The minimum absolute atomic E-state index is 0.0727. The van der Waals surface area contributed by atoms with Crippen molar-refractivity contribution >= 4 is 23.5 Å². The third-order valence-electron chi connectivity index (χ3n) is 3.58. The lowest BCUT2D eigenvalue weighted by Crippen LogP contribution is -2.49. The van der Waals surface area contributed by atoms with Crippen molar-refractivity contribution in [3.05, 3.63) is 22.8 Å². The number of hydrogen-bond acceptors (Lipinski definition) is 4. The van der Waals surface area contributed by atoms with Gasteiger partial charge in [-0.2, -0.15) is 13.2 Å². The summed E-state index contributed by atoms with van der Waals surface area (Å²) in [5.41, 5.74) is -1.52. The van der Waals surface area contributed by atoms with E-state index in [-0.39, 0.29) is 23.4 Å². The Kier molecular flexibility index (Phi) is 5.71. The molecule has 9 heteroatoms. The molecule has 1 aliphatic heterocycles. The summed E-state index contributed by atoms with van der Waals surface area (Å²) < 4.78 is 45.0. The first-order chi connectivity index (χ1) is 11.5. The first-order valence-electron chi connectivity index (χ1n) is 7.93. The van der Waals surface area contributed by atoms with E-state index in [1.807, 2.05) is 0 Å². The molecule has 1 fully saturated rings. The quantitative estimate of drug-likeness (QED) is 0.834. The zero-order valence-electron chi connectivity index (χ0n) is 14.3. The fraction of sp³-hybridized carbons (Fsp3) is 0.625. The predicted octanol–water partition coefficient (Wildman–Crippen LogP) is 4.25. The Labute approximate surface area is 149 Å². The molecule has 2 rings (SSSR count). The predicted molar refractivity (Wildman–Crippen MR) is 88.9 cm³/mol. The molecular weight excluding hydrogens is 359 g/mol. The normalized spacial score (nSPS) is 18.8. The van der Waals surface area contributed by atoms with Gasteiger partial charge in [0.15, 0.2) is 0 Å². The molecule has 0 spiro atoms. The molecule has 0 radical (unpaired) electrons. The van der Waals surface area contributed by atoms with Crippen molar-refractivity contribution in [1.82, 2.24) is 10.3 Å². The molecule has 1 atom stereocenters. The molecule has 0 aliphatic carbocycles. The standard InChI is InChI=1S/C16H21ClF3N3O2/c1-15(2,3)25-14(24)22-11-5-4-6-23(9-11)13-12(16(18,19)20)7-10(17)8-21-13/h7-8,11H,4-6,9H2,1-3H3,(H,22,24). The van der Waals surface area contributed by atoms with Crippen LogP contribution >= 0.6 is 11.6 Å². The second-order valence-electron chi connectivity index (χ2n) is 6.95. The summed E-state index contributed by atoms with van der Waals surface area (Å²) in [6.45, 7) is 5.87. The molecule has 0 bridgehead atoms. The molecule has 0 aromatic carbocycles. The van der Waals surface area contributed by atoms with Crippen LogP contribution in [0, 0.1) is 0 Å². The summed E-state index contributed by atoms with van der Waals surface area (Å²) in [4.78, 5) is 17.3. The summed E-state index contributed by atoms with van der Waals surface area (Å²) in [7, 11) is 0. The van der Waals surface area contributed by atoms with Gasteiger partial charge >= 0.3 is 12.3 Å². The Morgan fingerprint density at radius 3 is 2.68 bits per heavy atom. The van der Waals surface area contributed by atoms with Crippen LogP contribution in [0.15, 0.2) is 12.3 Å². The van der Waals surface area contributed by atoms with Crippen LogP contribution in [0.25, 0.3) is 0 Å². The highest BCUT2D eigenvalue weighted by atomic mass is 35.5. The van der Waals surface area contributed by atoms with Gasteiger partial charge in [0.05, 0.1) is 10.6 Å². The molecule has 1 amide bonds. The minimum Gasteiger partial charge on any atom is -0.444 e. The van der Waals surface area contributed by atoms with Crippen LogP contribution in [0.4, 0.5) is 23.8 Å². The molecular formula is C16H21ClF3N3O2. The van der Waals surface area contributed by atoms with Crippen LogP contribution in [0.1, 0.15) is 39.2 Å². The highest BCUT2D eigenvalue weighted by molar-refractivity contribution is 6.30. The third kappa shape index (κ3) is 5.66. The van der Waals surface area contributed by atoms with E-state index in [0.29, 0.717) is 19.4 Å². The SMILES string of the molecule is CC(C)(C)OC(=O)NC1CCCN(c2ncc(Cl)cc2C(F)(F)F)C1. The number of pyridine rings is 1. The van der Waals surface area contributed by atoms with E-state index in [9.17, 15) is 18.0 Å². The molecule has 1 N–H and O–H groups in total. The van der Waals surface area contributed by atoms with Crippen molar-refractivity contribution in [2.45, 2.75) is 51.4 Å². The van der Waals surface area contributed by atoms with Gasteiger partial charge in [0, 0.05) is 25.3 Å². The van der Waals surface area contributed by atoms with Crippen LogP contribution in [-0.4, -0.2) is 35.8 Å². The average Bonchev–Trinajstić information content (AvgIpc) is 2.44. The third-order valence-corrected chi connectivity index (χ3v) is 3.79. The van der Waals surface area contributed by atoms with Gasteiger partial charge in [-0.3, -0.25) is 0 Å². The van der Waals surface area contributed by atoms with E-state index in [0.717, 1.165) is 6.07 Å². The van der Waals surface area contributed by atoms with Gasteiger partial charge in [-0.05, 0) is 39.7 Å². The van der Waals surface area contributed by atoms with Crippen LogP contribution in [0.5, 0.6) is 0 Å². The summed E-state index contributed by atoms with van der Waals surface area (Å²) in [6, 6.07) is 0.552. The number of carbonyl (C=O) groups excluding carboxylic acids is 1. The maximum Gasteiger partial charge on any atom is 0.420 e. The molecule has 1 unspecified atom stereocenters. The number of nitrogens with zero attached hydrogens (tertiary/aromatic N) is 2. The lowest BCUT2D eigenvalue weighted by molar-refractivity contribution is -0.137. The summed E-state index contributed by atoms with van der Waals surface area (Å²) in [5.74, 6) is -0.174. The molecule has 25 heavy (non-hydrogen) atoms. The van der Waals surface area contributed by atoms with E-state index in [2.05, 4.69) is 10.3 Å². The van der Waals surface area contributed by atoms with Crippen molar-refractivity contribution in [3.8, 4) is 0 Å². The van der Waals surface area contributed by atoms with Crippen molar-refractivity contribution in [2.24, 2.45) is 0 Å². The Morgan fingerprint density at radius 1 is 1.40 bits per heavy atom. The van der Waals surface area contributed by atoms with Gasteiger partial charge in [0.2, 0.25) is 0 Å². The van der Waals surface area contributed by atoms with Crippen LogP contribution in [0.3, 0.4) is 0 Å². The minimum atomic E-state index is -4.56. The number of rotatable bonds is 2. The largest absolute Gasteiger partial charge is 0.444 e. The number of nitrogens with one attached hydrogen (secondary N) is 1. The van der Waals surface area contributed by atoms with Crippen molar-refractivity contribution in [3.63, 3.8) is 0 Å². The monoisotopic (exact) mass is 379 g/mol. The second-order valence-corrected chi connectivity index (χ2v) is 7.39. The van der Waals surface area contributed by atoms with E-state index in [4.69, 9.17) is 16.3 Å². The zero-order valence-corrected chi connectivity index (χ0v) is 15.0. The smallest absolute Gasteiger partial charge is 0.420 e. The van der Waals surface area contributed by atoms with Gasteiger partial charge < -0.3 is 15.0 Å². The number of ether oxygens (including phenoxy) is 1. The molecule has 2 heterocycles.